The van der Waals surface area contributed by atoms with Crippen molar-refractivity contribution in [3.8, 4) is 0 Å². The lowest BCUT2D eigenvalue weighted by molar-refractivity contribution is 0.190. The summed E-state index contributed by atoms with van der Waals surface area (Å²) in [7, 11) is 1.67. The van der Waals surface area contributed by atoms with E-state index in [4.69, 9.17) is 16.3 Å². The third kappa shape index (κ3) is 3.61. The summed E-state index contributed by atoms with van der Waals surface area (Å²) in [6.07, 6.45) is 0. The van der Waals surface area contributed by atoms with Crippen LogP contribution in [0, 0.1) is 0 Å². The van der Waals surface area contributed by atoms with Crippen LogP contribution in [0.5, 0.6) is 0 Å². The number of ether oxygens (including phenoxy) is 1. The minimum atomic E-state index is 0.232. The second-order valence-electron chi connectivity index (χ2n) is 2.85. The molecule has 0 fully saturated rings. The highest BCUT2D eigenvalue weighted by Gasteiger charge is 2.01. The van der Waals surface area contributed by atoms with Crippen molar-refractivity contribution in [1.82, 2.24) is 4.98 Å². The summed E-state index contributed by atoms with van der Waals surface area (Å²) >= 11 is 5.72. The first kappa shape index (κ1) is 10.3. The van der Waals surface area contributed by atoms with Gasteiger partial charge in [-0.15, -0.1) is 0 Å². The molecule has 0 aliphatic rings. The molecule has 0 saturated carbocycles. The van der Waals surface area contributed by atoms with Crippen LogP contribution in [0.2, 0.25) is 5.15 Å². The highest BCUT2D eigenvalue weighted by atomic mass is 35.5. The van der Waals surface area contributed by atoms with Gasteiger partial charge in [-0.25, -0.2) is 4.98 Å². The lowest BCUT2D eigenvalue weighted by Crippen LogP contribution is -2.21. The second kappa shape index (κ2) is 5.04. The highest BCUT2D eigenvalue weighted by Crippen LogP contribution is 2.09. The number of anilines is 1. The zero-order chi connectivity index (χ0) is 9.68. The number of hydrogen-bond donors (Lipinski definition) is 1. The van der Waals surface area contributed by atoms with Gasteiger partial charge in [0.25, 0.3) is 0 Å². The van der Waals surface area contributed by atoms with Gasteiger partial charge in [0.05, 0.1) is 6.61 Å². The SMILES string of the molecule is COCC(C)Nc1cccc(Cl)n1. The Morgan fingerprint density at radius 1 is 1.62 bits per heavy atom. The molecule has 1 atom stereocenters. The normalized spacial score (nSPS) is 12.5. The summed E-state index contributed by atoms with van der Waals surface area (Å²) in [6, 6.07) is 5.71. The van der Waals surface area contributed by atoms with E-state index < -0.39 is 0 Å². The van der Waals surface area contributed by atoms with Gasteiger partial charge in [-0.3, -0.25) is 0 Å². The molecule has 0 radical (unpaired) electrons. The molecule has 0 spiro atoms. The summed E-state index contributed by atoms with van der Waals surface area (Å²) in [5, 5.41) is 3.66. The maximum atomic E-state index is 5.72. The second-order valence-corrected chi connectivity index (χ2v) is 3.23. The number of methoxy groups -OCH3 is 1. The predicted molar refractivity (Wildman–Crippen MR) is 54.2 cm³/mol. The zero-order valence-corrected chi connectivity index (χ0v) is 8.51. The van der Waals surface area contributed by atoms with Gasteiger partial charge in [-0.2, -0.15) is 0 Å². The fourth-order valence-corrected chi connectivity index (χ4v) is 1.20. The van der Waals surface area contributed by atoms with Crippen LogP contribution >= 0.6 is 11.6 Å². The van der Waals surface area contributed by atoms with Gasteiger partial charge in [0.1, 0.15) is 11.0 Å². The van der Waals surface area contributed by atoms with Crippen molar-refractivity contribution in [2.75, 3.05) is 19.0 Å². The van der Waals surface area contributed by atoms with E-state index in [2.05, 4.69) is 10.3 Å². The monoisotopic (exact) mass is 200 g/mol. The van der Waals surface area contributed by atoms with Crippen molar-refractivity contribution in [2.45, 2.75) is 13.0 Å². The van der Waals surface area contributed by atoms with Crippen LogP contribution in [-0.4, -0.2) is 24.7 Å². The number of rotatable bonds is 4. The number of hydrogen-bond acceptors (Lipinski definition) is 3. The molecule has 0 bridgehead atoms. The minimum absolute atomic E-state index is 0.232. The first-order chi connectivity index (χ1) is 6.22. The van der Waals surface area contributed by atoms with Crippen LogP contribution in [0.4, 0.5) is 5.82 Å². The lowest BCUT2D eigenvalue weighted by Gasteiger charge is -2.12. The van der Waals surface area contributed by atoms with Crippen LogP contribution in [0.25, 0.3) is 0 Å². The molecule has 1 rings (SSSR count). The Hall–Kier alpha value is -0.800. The van der Waals surface area contributed by atoms with E-state index in [1.165, 1.54) is 0 Å². The number of pyridine rings is 1. The summed E-state index contributed by atoms with van der Waals surface area (Å²) in [4.78, 5) is 4.09. The molecule has 4 heteroatoms. The van der Waals surface area contributed by atoms with E-state index in [0.717, 1.165) is 5.82 Å². The quantitative estimate of drug-likeness (QED) is 0.757. The summed E-state index contributed by atoms with van der Waals surface area (Å²) in [5.41, 5.74) is 0. The smallest absolute Gasteiger partial charge is 0.131 e. The van der Waals surface area contributed by atoms with Crippen LogP contribution in [0.15, 0.2) is 18.2 Å². The standard InChI is InChI=1S/C9H13ClN2O/c1-7(6-13-2)11-9-5-3-4-8(10)12-9/h3-5,7H,6H2,1-2H3,(H,11,12). The number of halogens is 1. The number of aromatic nitrogens is 1. The van der Waals surface area contributed by atoms with Crippen LogP contribution < -0.4 is 5.32 Å². The van der Waals surface area contributed by atoms with Crippen LogP contribution in [-0.2, 0) is 4.74 Å². The average Bonchev–Trinajstić information content (AvgIpc) is 2.04. The molecule has 13 heavy (non-hydrogen) atoms. The summed E-state index contributed by atoms with van der Waals surface area (Å²) in [6.45, 7) is 2.67. The van der Waals surface area contributed by atoms with Crippen molar-refractivity contribution in [1.29, 1.82) is 0 Å². The van der Waals surface area contributed by atoms with Crippen LogP contribution in [0.1, 0.15) is 6.92 Å². The van der Waals surface area contributed by atoms with E-state index in [0.29, 0.717) is 11.8 Å². The van der Waals surface area contributed by atoms with Gasteiger partial charge in [-0.1, -0.05) is 17.7 Å². The maximum absolute atomic E-state index is 5.72. The third-order valence-electron chi connectivity index (χ3n) is 1.53. The van der Waals surface area contributed by atoms with Crippen molar-refractivity contribution in [3.63, 3.8) is 0 Å². The van der Waals surface area contributed by atoms with Crippen LogP contribution in [0.3, 0.4) is 0 Å². The highest BCUT2D eigenvalue weighted by molar-refractivity contribution is 6.29. The molecule has 1 heterocycles. The van der Waals surface area contributed by atoms with Gasteiger partial charge in [0.2, 0.25) is 0 Å². The van der Waals surface area contributed by atoms with Crippen molar-refractivity contribution < 1.29 is 4.74 Å². The Kier molecular flexibility index (Phi) is 3.99. The van der Waals surface area contributed by atoms with Gasteiger partial charge in [-0.05, 0) is 19.1 Å². The summed E-state index contributed by atoms with van der Waals surface area (Å²) in [5.74, 6) is 0.775. The minimum Gasteiger partial charge on any atom is -0.383 e. The molecule has 1 N–H and O–H groups in total. The Morgan fingerprint density at radius 3 is 3.00 bits per heavy atom. The molecule has 0 aliphatic heterocycles. The largest absolute Gasteiger partial charge is 0.383 e. The molecular formula is C9H13ClN2O. The molecule has 1 aromatic rings. The molecule has 0 saturated heterocycles. The van der Waals surface area contributed by atoms with Gasteiger partial charge < -0.3 is 10.1 Å². The molecule has 0 aliphatic carbocycles. The fourth-order valence-electron chi connectivity index (χ4n) is 1.03. The summed E-state index contributed by atoms with van der Waals surface area (Å²) < 4.78 is 4.98. The van der Waals surface area contributed by atoms with E-state index in [-0.39, 0.29) is 6.04 Å². The molecule has 3 nitrogen and oxygen atoms in total. The Morgan fingerprint density at radius 2 is 2.38 bits per heavy atom. The van der Waals surface area contributed by atoms with Gasteiger partial charge in [0, 0.05) is 13.2 Å². The Labute approximate surface area is 83.1 Å². The van der Waals surface area contributed by atoms with E-state index in [9.17, 15) is 0 Å². The zero-order valence-electron chi connectivity index (χ0n) is 7.75. The van der Waals surface area contributed by atoms with E-state index in [1.807, 2.05) is 19.1 Å². The van der Waals surface area contributed by atoms with E-state index >= 15 is 0 Å². The first-order valence-electron chi connectivity index (χ1n) is 4.10. The average molecular weight is 201 g/mol. The lowest BCUT2D eigenvalue weighted by atomic mass is 10.3. The van der Waals surface area contributed by atoms with Crippen molar-refractivity contribution >= 4 is 17.4 Å². The van der Waals surface area contributed by atoms with Gasteiger partial charge in [0.15, 0.2) is 0 Å². The molecule has 0 amide bonds. The Bertz CT molecular complexity index is 268. The number of nitrogens with one attached hydrogen (secondary N) is 1. The van der Waals surface area contributed by atoms with Crippen molar-refractivity contribution in [2.24, 2.45) is 0 Å². The maximum Gasteiger partial charge on any atom is 0.131 e. The molecule has 72 valence electrons. The van der Waals surface area contributed by atoms with Crippen molar-refractivity contribution in [3.05, 3.63) is 23.4 Å². The van der Waals surface area contributed by atoms with Gasteiger partial charge >= 0.3 is 0 Å². The topological polar surface area (TPSA) is 34.1 Å². The molecule has 1 unspecified atom stereocenters. The number of nitrogens with zero attached hydrogens (tertiary/aromatic N) is 1. The predicted octanol–water partition coefficient (Wildman–Crippen LogP) is 2.18. The molecule has 1 aromatic heterocycles. The molecule has 0 aromatic carbocycles. The van der Waals surface area contributed by atoms with E-state index in [1.54, 1.807) is 13.2 Å². The first-order valence-corrected chi connectivity index (χ1v) is 4.48. The molecular weight excluding hydrogens is 188 g/mol. The third-order valence-corrected chi connectivity index (χ3v) is 1.74. The fraction of sp³-hybridized carbons (Fsp3) is 0.444. The Balaban J connectivity index is 2.53.